The number of thiocarbonyl (C=S) groups is 1. The van der Waals surface area contributed by atoms with Gasteiger partial charge in [-0.05, 0) is 43.3 Å². The Morgan fingerprint density at radius 2 is 2.05 bits per heavy atom. The summed E-state index contributed by atoms with van der Waals surface area (Å²) < 4.78 is 4.93. The second-order valence-corrected chi connectivity index (χ2v) is 4.89. The molecule has 2 aromatic rings. The SMILES string of the molecule is CCCN(CCC)C(=S)Nc1ccc2conc2c1. The zero-order chi connectivity index (χ0) is 13.7. The fraction of sp³-hybridized carbons (Fsp3) is 0.429. The van der Waals surface area contributed by atoms with Crippen molar-refractivity contribution in [3.05, 3.63) is 24.5 Å². The van der Waals surface area contributed by atoms with Gasteiger partial charge in [0.25, 0.3) is 0 Å². The molecular formula is C14H19N3OS. The Morgan fingerprint density at radius 3 is 2.74 bits per heavy atom. The number of hydrogen-bond donors (Lipinski definition) is 1. The van der Waals surface area contributed by atoms with E-state index in [1.165, 1.54) is 0 Å². The van der Waals surface area contributed by atoms with Crippen LogP contribution in [-0.2, 0) is 0 Å². The van der Waals surface area contributed by atoms with Crippen molar-refractivity contribution in [2.45, 2.75) is 26.7 Å². The first-order chi connectivity index (χ1) is 9.24. The molecule has 4 nitrogen and oxygen atoms in total. The second kappa shape index (κ2) is 6.52. The maximum Gasteiger partial charge on any atom is 0.173 e. The van der Waals surface area contributed by atoms with Crippen molar-refractivity contribution in [3.63, 3.8) is 0 Å². The van der Waals surface area contributed by atoms with Gasteiger partial charge in [0.15, 0.2) is 5.11 Å². The summed E-state index contributed by atoms with van der Waals surface area (Å²) in [4.78, 5) is 2.20. The van der Waals surface area contributed by atoms with Crippen LogP contribution in [-0.4, -0.2) is 28.3 Å². The maximum absolute atomic E-state index is 5.46. The monoisotopic (exact) mass is 277 g/mol. The van der Waals surface area contributed by atoms with Crippen LogP contribution in [0.3, 0.4) is 0 Å². The predicted octanol–water partition coefficient (Wildman–Crippen LogP) is 3.65. The third-order valence-electron chi connectivity index (χ3n) is 2.89. The van der Waals surface area contributed by atoms with Crippen LogP contribution in [0.15, 0.2) is 29.0 Å². The summed E-state index contributed by atoms with van der Waals surface area (Å²) in [6, 6.07) is 5.91. The van der Waals surface area contributed by atoms with E-state index in [0.29, 0.717) is 0 Å². The Labute approximate surface area is 118 Å². The quantitative estimate of drug-likeness (QED) is 0.845. The van der Waals surface area contributed by atoms with Crippen LogP contribution >= 0.6 is 12.2 Å². The van der Waals surface area contributed by atoms with Crippen molar-refractivity contribution in [3.8, 4) is 0 Å². The fourth-order valence-corrected chi connectivity index (χ4v) is 2.30. The summed E-state index contributed by atoms with van der Waals surface area (Å²) in [5.41, 5.74) is 1.79. The fourth-order valence-electron chi connectivity index (χ4n) is 2.00. The molecule has 0 fully saturated rings. The zero-order valence-electron chi connectivity index (χ0n) is 11.3. The summed E-state index contributed by atoms with van der Waals surface area (Å²) in [6.45, 7) is 6.28. The van der Waals surface area contributed by atoms with Gasteiger partial charge in [-0.1, -0.05) is 19.0 Å². The Balaban J connectivity index is 2.07. The number of hydrogen-bond acceptors (Lipinski definition) is 3. The summed E-state index contributed by atoms with van der Waals surface area (Å²) in [6.07, 6.45) is 3.81. The van der Waals surface area contributed by atoms with E-state index in [1.54, 1.807) is 6.26 Å². The normalized spacial score (nSPS) is 10.6. The molecule has 0 amide bonds. The van der Waals surface area contributed by atoms with E-state index >= 15 is 0 Å². The molecule has 19 heavy (non-hydrogen) atoms. The van der Waals surface area contributed by atoms with E-state index < -0.39 is 0 Å². The van der Waals surface area contributed by atoms with Gasteiger partial charge in [-0.3, -0.25) is 0 Å². The van der Waals surface area contributed by atoms with Gasteiger partial charge in [-0.15, -0.1) is 0 Å². The minimum atomic E-state index is 0.770. The smallest absolute Gasteiger partial charge is 0.173 e. The molecule has 0 aliphatic carbocycles. The molecule has 0 radical (unpaired) electrons. The second-order valence-electron chi connectivity index (χ2n) is 4.51. The van der Waals surface area contributed by atoms with Crippen molar-refractivity contribution in [1.82, 2.24) is 10.1 Å². The van der Waals surface area contributed by atoms with Crippen LogP contribution < -0.4 is 5.32 Å². The predicted molar refractivity (Wildman–Crippen MR) is 82.4 cm³/mol. The largest absolute Gasteiger partial charge is 0.364 e. The van der Waals surface area contributed by atoms with Gasteiger partial charge >= 0.3 is 0 Å². The molecule has 1 heterocycles. The summed E-state index contributed by atoms with van der Waals surface area (Å²) in [5, 5.41) is 8.97. The Morgan fingerprint density at radius 1 is 1.32 bits per heavy atom. The highest BCUT2D eigenvalue weighted by Crippen LogP contribution is 2.18. The van der Waals surface area contributed by atoms with Gasteiger partial charge < -0.3 is 14.7 Å². The number of nitrogens with zero attached hydrogens (tertiary/aromatic N) is 2. The summed E-state index contributed by atoms with van der Waals surface area (Å²) in [5.74, 6) is 0. The van der Waals surface area contributed by atoms with Gasteiger partial charge in [0.05, 0.1) is 0 Å². The third-order valence-corrected chi connectivity index (χ3v) is 3.25. The maximum atomic E-state index is 5.46. The lowest BCUT2D eigenvalue weighted by Crippen LogP contribution is -2.35. The van der Waals surface area contributed by atoms with Crippen molar-refractivity contribution in [2.75, 3.05) is 18.4 Å². The lowest BCUT2D eigenvalue weighted by molar-refractivity contribution is 0.423. The number of benzene rings is 1. The van der Waals surface area contributed by atoms with Crippen LogP contribution in [0.5, 0.6) is 0 Å². The van der Waals surface area contributed by atoms with Crippen LogP contribution in [0, 0.1) is 0 Å². The Hall–Kier alpha value is -1.62. The lowest BCUT2D eigenvalue weighted by Gasteiger charge is -2.24. The molecule has 2 rings (SSSR count). The molecular weight excluding hydrogens is 258 g/mol. The van der Waals surface area contributed by atoms with Gasteiger partial charge in [-0.25, -0.2) is 0 Å². The number of anilines is 1. The van der Waals surface area contributed by atoms with Crippen LogP contribution in [0.4, 0.5) is 5.69 Å². The van der Waals surface area contributed by atoms with E-state index in [9.17, 15) is 0 Å². The molecule has 0 unspecified atom stereocenters. The van der Waals surface area contributed by atoms with Gasteiger partial charge in [0.2, 0.25) is 0 Å². The van der Waals surface area contributed by atoms with E-state index in [1.807, 2.05) is 18.2 Å². The molecule has 0 aliphatic heterocycles. The zero-order valence-corrected chi connectivity index (χ0v) is 12.2. The van der Waals surface area contributed by atoms with E-state index in [0.717, 1.165) is 47.6 Å². The highest BCUT2D eigenvalue weighted by Gasteiger charge is 2.08. The minimum absolute atomic E-state index is 0.770. The highest BCUT2D eigenvalue weighted by molar-refractivity contribution is 7.80. The minimum Gasteiger partial charge on any atom is -0.364 e. The van der Waals surface area contributed by atoms with Gasteiger partial charge in [0, 0.05) is 24.2 Å². The van der Waals surface area contributed by atoms with Crippen LogP contribution in [0.25, 0.3) is 10.9 Å². The van der Waals surface area contributed by atoms with Crippen LogP contribution in [0.1, 0.15) is 26.7 Å². The molecule has 0 saturated carbocycles. The average molecular weight is 277 g/mol. The number of rotatable bonds is 5. The molecule has 0 saturated heterocycles. The molecule has 1 N–H and O–H groups in total. The molecule has 1 aromatic carbocycles. The van der Waals surface area contributed by atoms with Crippen molar-refractivity contribution in [2.24, 2.45) is 0 Å². The molecule has 102 valence electrons. The molecule has 0 aliphatic rings. The van der Waals surface area contributed by atoms with E-state index in [2.05, 4.69) is 29.2 Å². The van der Waals surface area contributed by atoms with Gasteiger partial charge in [-0.2, -0.15) is 0 Å². The number of aromatic nitrogens is 1. The Bertz CT molecular complexity index is 546. The standard InChI is InChI=1S/C14H19N3OS/c1-3-7-17(8-4-2)14(19)15-12-6-5-11-10-18-16-13(11)9-12/h5-6,9-10H,3-4,7-8H2,1-2H3,(H,15,19). The van der Waals surface area contributed by atoms with Crippen molar-refractivity contribution >= 4 is 33.9 Å². The Kier molecular flexibility index (Phi) is 4.74. The number of fused-ring (bicyclic) bond motifs is 1. The molecule has 0 atom stereocenters. The van der Waals surface area contributed by atoms with Crippen LogP contribution in [0.2, 0.25) is 0 Å². The topological polar surface area (TPSA) is 41.3 Å². The highest BCUT2D eigenvalue weighted by atomic mass is 32.1. The molecule has 5 heteroatoms. The van der Waals surface area contributed by atoms with E-state index in [4.69, 9.17) is 16.7 Å². The summed E-state index contributed by atoms with van der Waals surface area (Å²) >= 11 is 5.46. The first kappa shape index (κ1) is 13.8. The van der Waals surface area contributed by atoms with Crippen molar-refractivity contribution in [1.29, 1.82) is 0 Å². The average Bonchev–Trinajstić information content (AvgIpc) is 2.86. The molecule has 1 aromatic heterocycles. The number of nitrogens with one attached hydrogen (secondary N) is 1. The van der Waals surface area contributed by atoms with E-state index in [-0.39, 0.29) is 0 Å². The lowest BCUT2D eigenvalue weighted by atomic mass is 10.2. The molecule has 0 spiro atoms. The first-order valence-electron chi connectivity index (χ1n) is 6.64. The first-order valence-corrected chi connectivity index (χ1v) is 7.05. The summed E-state index contributed by atoms with van der Waals surface area (Å²) in [7, 11) is 0. The van der Waals surface area contributed by atoms with Gasteiger partial charge in [0.1, 0.15) is 11.8 Å². The van der Waals surface area contributed by atoms with Crippen molar-refractivity contribution < 1.29 is 4.52 Å². The third kappa shape index (κ3) is 3.44. The molecule has 0 bridgehead atoms.